The van der Waals surface area contributed by atoms with E-state index in [4.69, 9.17) is 9.47 Å². The van der Waals surface area contributed by atoms with Gasteiger partial charge >= 0.3 is 0 Å². The Morgan fingerprint density at radius 1 is 0.929 bits per heavy atom. The summed E-state index contributed by atoms with van der Waals surface area (Å²) >= 11 is 0. The summed E-state index contributed by atoms with van der Waals surface area (Å²) in [6.45, 7) is 5.67. The van der Waals surface area contributed by atoms with Crippen molar-refractivity contribution in [2.75, 3.05) is 31.0 Å². The highest BCUT2D eigenvalue weighted by Crippen LogP contribution is 2.31. The Bertz CT molecular complexity index is 916. The quantitative estimate of drug-likeness (QED) is 0.619. The summed E-state index contributed by atoms with van der Waals surface area (Å²) in [5, 5.41) is 3.34. The van der Waals surface area contributed by atoms with Gasteiger partial charge in [-0.05, 0) is 31.5 Å². The normalized spacial score (nSPS) is 10.4. The first-order chi connectivity index (χ1) is 13.6. The molecule has 1 aromatic heterocycles. The zero-order valence-electron chi connectivity index (χ0n) is 16.8. The molecule has 0 bridgehead atoms. The summed E-state index contributed by atoms with van der Waals surface area (Å²) in [7, 11) is 3.24. The largest absolute Gasteiger partial charge is 0.493 e. The first kappa shape index (κ1) is 19.5. The Hall–Kier alpha value is -3.28. The molecule has 146 valence electrons. The van der Waals surface area contributed by atoms with E-state index in [2.05, 4.69) is 51.4 Å². The van der Waals surface area contributed by atoms with Gasteiger partial charge in [-0.15, -0.1) is 0 Å². The van der Waals surface area contributed by atoms with Crippen LogP contribution in [0, 0.1) is 6.92 Å². The van der Waals surface area contributed by atoms with Crippen LogP contribution >= 0.6 is 0 Å². The van der Waals surface area contributed by atoms with Crippen molar-refractivity contribution >= 4 is 17.3 Å². The number of nitrogens with one attached hydrogen (secondary N) is 1. The molecule has 1 N–H and O–H groups in total. The van der Waals surface area contributed by atoms with Gasteiger partial charge in [-0.2, -0.15) is 0 Å². The van der Waals surface area contributed by atoms with Gasteiger partial charge in [0, 0.05) is 30.9 Å². The third kappa shape index (κ3) is 4.71. The number of methoxy groups -OCH3 is 2. The van der Waals surface area contributed by atoms with E-state index < -0.39 is 0 Å². The van der Waals surface area contributed by atoms with E-state index in [1.54, 1.807) is 14.2 Å². The number of ether oxygens (including phenoxy) is 2. The van der Waals surface area contributed by atoms with Crippen LogP contribution in [0.25, 0.3) is 0 Å². The summed E-state index contributed by atoms with van der Waals surface area (Å²) < 4.78 is 10.7. The van der Waals surface area contributed by atoms with Crippen LogP contribution < -0.4 is 19.7 Å². The number of hydrogen-bond donors (Lipinski definition) is 1. The van der Waals surface area contributed by atoms with Crippen molar-refractivity contribution in [1.29, 1.82) is 0 Å². The molecule has 0 fully saturated rings. The van der Waals surface area contributed by atoms with Crippen molar-refractivity contribution in [3.05, 3.63) is 66.0 Å². The van der Waals surface area contributed by atoms with Crippen molar-refractivity contribution in [1.82, 2.24) is 9.97 Å². The van der Waals surface area contributed by atoms with Crippen LogP contribution in [0.2, 0.25) is 0 Å². The molecule has 0 aliphatic rings. The van der Waals surface area contributed by atoms with Gasteiger partial charge in [0.2, 0.25) is 0 Å². The van der Waals surface area contributed by atoms with Crippen molar-refractivity contribution in [3.8, 4) is 11.5 Å². The average Bonchev–Trinajstić information content (AvgIpc) is 2.72. The lowest BCUT2D eigenvalue weighted by Gasteiger charge is -2.23. The van der Waals surface area contributed by atoms with E-state index >= 15 is 0 Å². The minimum absolute atomic E-state index is 0.665. The van der Waals surface area contributed by atoms with E-state index in [1.165, 1.54) is 5.56 Å². The molecule has 0 radical (unpaired) electrons. The zero-order chi connectivity index (χ0) is 19.9. The van der Waals surface area contributed by atoms with E-state index in [0.717, 1.165) is 30.4 Å². The molecule has 28 heavy (non-hydrogen) atoms. The predicted molar refractivity (Wildman–Crippen MR) is 113 cm³/mol. The maximum atomic E-state index is 5.38. The Balaban J connectivity index is 1.84. The summed E-state index contributed by atoms with van der Waals surface area (Å²) in [5.74, 6) is 3.69. The lowest BCUT2D eigenvalue weighted by molar-refractivity contribution is 0.355. The van der Waals surface area contributed by atoms with Crippen LogP contribution in [0.4, 0.5) is 17.3 Å². The maximum Gasteiger partial charge on any atom is 0.162 e. The van der Waals surface area contributed by atoms with E-state index in [-0.39, 0.29) is 0 Å². The van der Waals surface area contributed by atoms with Crippen molar-refractivity contribution in [3.63, 3.8) is 0 Å². The van der Waals surface area contributed by atoms with Gasteiger partial charge in [-0.1, -0.05) is 30.3 Å². The average molecular weight is 378 g/mol. The topological polar surface area (TPSA) is 59.5 Å². The number of aromatic nitrogens is 2. The van der Waals surface area contributed by atoms with E-state index in [1.807, 2.05) is 37.3 Å². The van der Waals surface area contributed by atoms with Crippen molar-refractivity contribution in [2.24, 2.45) is 0 Å². The first-order valence-corrected chi connectivity index (χ1v) is 9.26. The number of aryl methyl sites for hydroxylation is 1. The lowest BCUT2D eigenvalue weighted by Crippen LogP contribution is -2.23. The van der Waals surface area contributed by atoms with Gasteiger partial charge < -0.3 is 19.7 Å². The first-order valence-electron chi connectivity index (χ1n) is 9.26. The Labute approximate surface area is 166 Å². The van der Waals surface area contributed by atoms with Gasteiger partial charge in [-0.3, -0.25) is 0 Å². The summed E-state index contributed by atoms with van der Waals surface area (Å²) in [5.41, 5.74) is 2.11. The van der Waals surface area contributed by atoms with Gasteiger partial charge in [0.25, 0.3) is 0 Å². The Morgan fingerprint density at radius 2 is 1.68 bits per heavy atom. The molecule has 0 saturated carbocycles. The van der Waals surface area contributed by atoms with Crippen LogP contribution in [0.5, 0.6) is 11.5 Å². The summed E-state index contributed by atoms with van der Waals surface area (Å²) in [6, 6.07) is 18.0. The zero-order valence-corrected chi connectivity index (χ0v) is 16.8. The number of anilines is 3. The van der Waals surface area contributed by atoms with Crippen molar-refractivity contribution in [2.45, 2.75) is 20.4 Å². The molecule has 6 heteroatoms. The highest BCUT2D eigenvalue weighted by molar-refractivity contribution is 5.63. The van der Waals surface area contributed by atoms with Gasteiger partial charge in [-0.25, -0.2) is 9.97 Å². The van der Waals surface area contributed by atoms with Crippen molar-refractivity contribution < 1.29 is 9.47 Å². The summed E-state index contributed by atoms with van der Waals surface area (Å²) in [6.07, 6.45) is 0. The number of nitrogens with zero attached hydrogens (tertiary/aromatic N) is 3. The fraction of sp³-hybridized carbons (Fsp3) is 0.273. The van der Waals surface area contributed by atoms with Gasteiger partial charge in [0.1, 0.15) is 17.5 Å². The van der Waals surface area contributed by atoms with Crippen LogP contribution in [0.1, 0.15) is 18.3 Å². The van der Waals surface area contributed by atoms with Crippen LogP contribution in [0.15, 0.2) is 54.6 Å². The number of hydrogen-bond acceptors (Lipinski definition) is 6. The SMILES string of the molecule is CCN(Cc1ccccc1)c1cc(Nc2ccc(OC)c(OC)c2)nc(C)n1. The highest BCUT2D eigenvalue weighted by atomic mass is 16.5. The predicted octanol–water partition coefficient (Wildman–Crippen LogP) is 4.57. The molecule has 6 nitrogen and oxygen atoms in total. The van der Waals surface area contributed by atoms with E-state index in [9.17, 15) is 0 Å². The molecule has 3 aromatic rings. The number of rotatable bonds is 8. The molecular formula is C22H26N4O2. The molecule has 0 aliphatic carbocycles. The van der Waals surface area contributed by atoms with Crippen LogP contribution in [0.3, 0.4) is 0 Å². The fourth-order valence-electron chi connectivity index (χ4n) is 3.00. The third-order valence-electron chi connectivity index (χ3n) is 4.40. The monoisotopic (exact) mass is 378 g/mol. The molecule has 0 aliphatic heterocycles. The highest BCUT2D eigenvalue weighted by Gasteiger charge is 2.11. The van der Waals surface area contributed by atoms with Crippen LogP contribution in [-0.2, 0) is 6.54 Å². The Morgan fingerprint density at radius 3 is 2.36 bits per heavy atom. The molecule has 0 saturated heterocycles. The number of benzene rings is 2. The lowest BCUT2D eigenvalue weighted by atomic mass is 10.2. The standard InChI is InChI=1S/C22H26N4O2/c1-5-26(15-17-9-7-6-8-10-17)22-14-21(23-16(2)24-22)25-18-11-12-19(27-3)20(13-18)28-4/h6-14H,5,15H2,1-4H3,(H,23,24,25). The molecule has 0 unspecified atom stereocenters. The molecule has 1 heterocycles. The second kappa shape index (κ2) is 9.08. The molecule has 3 rings (SSSR count). The third-order valence-corrected chi connectivity index (χ3v) is 4.40. The van der Waals surface area contributed by atoms with Gasteiger partial charge in [0.05, 0.1) is 14.2 Å². The van der Waals surface area contributed by atoms with E-state index in [0.29, 0.717) is 17.3 Å². The van der Waals surface area contributed by atoms with Gasteiger partial charge in [0.15, 0.2) is 11.5 Å². The molecule has 0 atom stereocenters. The molecule has 0 amide bonds. The molecule has 2 aromatic carbocycles. The maximum absolute atomic E-state index is 5.38. The smallest absolute Gasteiger partial charge is 0.162 e. The summed E-state index contributed by atoms with van der Waals surface area (Å²) in [4.78, 5) is 11.4. The molecular weight excluding hydrogens is 352 g/mol. The van der Waals surface area contributed by atoms with Crippen LogP contribution in [-0.4, -0.2) is 30.7 Å². The molecule has 0 spiro atoms. The Kier molecular flexibility index (Phi) is 6.32. The second-order valence-electron chi connectivity index (χ2n) is 6.35. The second-order valence-corrected chi connectivity index (χ2v) is 6.35. The fourth-order valence-corrected chi connectivity index (χ4v) is 3.00. The minimum atomic E-state index is 0.665. The minimum Gasteiger partial charge on any atom is -0.493 e.